The number of hydrogen-bond donors (Lipinski definition) is 2. The summed E-state index contributed by atoms with van der Waals surface area (Å²) in [5, 5.41) is 6.22. The molecule has 1 aliphatic rings. The summed E-state index contributed by atoms with van der Waals surface area (Å²) >= 11 is 0. The van der Waals surface area contributed by atoms with Gasteiger partial charge in [-0.25, -0.2) is 14.4 Å². The molecule has 104 valence electrons. The van der Waals surface area contributed by atoms with E-state index in [-0.39, 0.29) is 5.82 Å². The molecule has 1 aromatic carbocycles. The average Bonchev–Trinajstić information content (AvgIpc) is 3.28. The van der Waals surface area contributed by atoms with E-state index in [4.69, 9.17) is 0 Å². The van der Waals surface area contributed by atoms with Crippen LogP contribution < -0.4 is 10.6 Å². The minimum atomic E-state index is -0.222. The van der Waals surface area contributed by atoms with Crippen molar-refractivity contribution in [3.8, 4) is 0 Å². The van der Waals surface area contributed by atoms with E-state index in [2.05, 4.69) is 20.6 Å². The van der Waals surface area contributed by atoms with E-state index in [0.29, 0.717) is 17.3 Å². The standard InChI is InChI=1S/C15H17FN4/c1-9-11(16)4-3-5-12(9)18-14-8-13(17-2)19-15(20-14)10-6-7-10/h3-5,8,10H,6-7H2,1-2H3,(H2,17,18,19,20). The molecule has 2 aromatic rings. The van der Waals surface area contributed by atoms with E-state index in [0.717, 1.165) is 30.2 Å². The molecule has 3 rings (SSSR count). The van der Waals surface area contributed by atoms with Crippen LogP contribution in [0.1, 0.15) is 30.1 Å². The monoisotopic (exact) mass is 272 g/mol. The topological polar surface area (TPSA) is 49.8 Å². The Balaban J connectivity index is 1.93. The van der Waals surface area contributed by atoms with Gasteiger partial charge in [0.25, 0.3) is 0 Å². The lowest BCUT2D eigenvalue weighted by molar-refractivity contribution is 0.619. The fraction of sp³-hybridized carbons (Fsp3) is 0.333. The molecule has 0 bridgehead atoms. The van der Waals surface area contributed by atoms with Gasteiger partial charge in [0.2, 0.25) is 0 Å². The second-order valence-corrected chi connectivity index (χ2v) is 5.06. The number of anilines is 3. The average molecular weight is 272 g/mol. The van der Waals surface area contributed by atoms with Gasteiger partial charge in [-0.15, -0.1) is 0 Å². The van der Waals surface area contributed by atoms with Crippen LogP contribution >= 0.6 is 0 Å². The summed E-state index contributed by atoms with van der Waals surface area (Å²) in [6.07, 6.45) is 2.29. The lowest BCUT2D eigenvalue weighted by Gasteiger charge is -2.11. The molecule has 1 heterocycles. The summed E-state index contributed by atoms with van der Waals surface area (Å²) in [5.74, 6) is 2.57. The Labute approximate surface area is 117 Å². The zero-order valence-electron chi connectivity index (χ0n) is 11.6. The Morgan fingerprint density at radius 1 is 1.20 bits per heavy atom. The third-order valence-electron chi connectivity index (χ3n) is 3.47. The Morgan fingerprint density at radius 3 is 2.65 bits per heavy atom. The quantitative estimate of drug-likeness (QED) is 0.893. The van der Waals surface area contributed by atoms with Gasteiger partial charge in [-0.2, -0.15) is 0 Å². The first kappa shape index (κ1) is 12.8. The van der Waals surface area contributed by atoms with Crippen molar-refractivity contribution in [1.29, 1.82) is 0 Å². The maximum Gasteiger partial charge on any atom is 0.136 e. The lowest BCUT2D eigenvalue weighted by atomic mass is 10.2. The van der Waals surface area contributed by atoms with Crippen LogP contribution in [0.3, 0.4) is 0 Å². The number of halogens is 1. The van der Waals surface area contributed by atoms with E-state index in [9.17, 15) is 4.39 Å². The molecule has 5 heteroatoms. The van der Waals surface area contributed by atoms with Gasteiger partial charge in [0.15, 0.2) is 0 Å². The molecule has 0 atom stereocenters. The highest BCUT2D eigenvalue weighted by Gasteiger charge is 2.27. The fourth-order valence-corrected chi connectivity index (χ4v) is 2.06. The van der Waals surface area contributed by atoms with Crippen molar-refractivity contribution in [2.45, 2.75) is 25.7 Å². The molecule has 1 aromatic heterocycles. The summed E-state index contributed by atoms with van der Waals surface area (Å²) in [6.45, 7) is 1.75. The maximum atomic E-state index is 13.6. The Kier molecular flexibility index (Phi) is 3.26. The van der Waals surface area contributed by atoms with Crippen molar-refractivity contribution < 1.29 is 4.39 Å². The van der Waals surface area contributed by atoms with E-state index >= 15 is 0 Å². The van der Waals surface area contributed by atoms with Crippen LogP contribution in [0.15, 0.2) is 24.3 Å². The highest BCUT2D eigenvalue weighted by atomic mass is 19.1. The normalized spacial score (nSPS) is 14.2. The van der Waals surface area contributed by atoms with Crippen molar-refractivity contribution in [3.63, 3.8) is 0 Å². The summed E-state index contributed by atoms with van der Waals surface area (Å²) in [7, 11) is 1.83. The first-order chi connectivity index (χ1) is 9.67. The minimum absolute atomic E-state index is 0.222. The van der Waals surface area contributed by atoms with E-state index in [1.54, 1.807) is 13.0 Å². The van der Waals surface area contributed by atoms with Gasteiger partial charge < -0.3 is 10.6 Å². The fourth-order valence-electron chi connectivity index (χ4n) is 2.06. The number of nitrogens with one attached hydrogen (secondary N) is 2. The molecule has 0 radical (unpaired) electrons. The van der Waals surface area contributed by atoms with Crippen LogP contribution in [0, 0.1) is 12.7 Å². The summed E-state index contributed by atoms with van der Waals surface area (Å²) < 4.78 is 13.6. The molecule has 20 heavy (non-hydrogen) atoms. The lowest BCUT2D eigenvalue weighted by Crippen LogP contribution is -2.04. The highest BCUT2D eigenvalue weighted by molar-refractivity contribution is 5.62. The van der Waals surface area contributed by atoms with Crippen LogP contribution in [0.25, 0.3) is 0 Å². The maximum absolute atomic E-state index is 13.6. The van der Waals surface area contributed by atoms with Crippen molar-refractivity contribution in [2.75, 3.05) is 17.7 Å². The van der Waals surface area contributed by atoms with Crippen molar-refractivity contribution in [2.24, 2.45) is 0 Å². The Bertz CT molecular complexity index is 638. The Morgan fingerprint density at radius 2 is 1.95 bits per heavy atom. The van der Waals surface area contributed by atoms with Gasteiger partial charge >= 0.3 is 0 Å². The predicted octanol–water partition coefficient (Wildman–Crippen LogP) is 3.59. The van der Waals surface area contributed by atoms with Gasteiger partial charge in [0.05, 0.1) is 0 Å². The van der Waals surface area contributed by atoms with Crippen molar-refractivity contribution in [3.05, 3.63) is 41.5 Å². The molecule has 2 N–H and O–H groups in total. The molecule has 1 fully saturated rings. The van der Waals surface area contributed by atoms with Gasteiger partial charge in [-0.1, -0.05) is 6.07 Å². The number of nitrogens with zero attached hydrogens (tertiary/aromatic N) is 2. The number of aromatic nitrogens is 2. The SMILES string of the molecule is CNc1cc(Nc2cccc(F)c2C)nc(C2CC2)n1. The molecule has 0 amide bonds. The van der Waals surface area contributed by atoms with Crippen LogP contribution in [-0.2, 0) is 0 Å². The molecule has 1 saturated carbocycles. The minimum Gasteiger partial charge on any atom is -0.373 e. The first-order valence-corrected chi connectivity index (χ1v) is 6.76. The van der Waals surface area contributed by atoms with E-state index in [1.165, 1.54) is 6.07 Å². The molecule has 0 saturated heterocycles. The molecular formula is C15H17FN4. The molecule has 1 aliphatic carbocycles. The van der Waals surface area contributed by atoms with Gasteiger partial charge in [0, 0.05) is 30.3 Å². The summed E-state index contributed by atoms with van der Waals surface area (Å²) in [4.78, 5) is 8.98. The zero-order chi connectivity index (χ0) is 14.1. The van der Waals surface area contributed by atoms with E-state index in [1.807, 2.05) is 19.2 Å². The summed E-state index contributed by atoms with van der Waals surface area (Å²) in [5.41, 5.74) is 1.32. The highest BCUT2D eigenvalue weighted by Crippen LogP contribution is 2.39. The van der Waals surface area contributed by atoms with Gasteiger partial charge in [-0.05, 0) is 31.9 Å². The molecule has 4 nitrogen and oxygen atoms in total. The van der Waals surface area contributed by atoms with Crippen LogP contribution in [0.2, 0.25) is 0 Å². The number of rotatable bonds is 4. The first-order valence-electron chi connectivity index (χ1n) is 6.76. The van der Waals surface area contributed by atoms with Crippen LogP contribution in [0.5, 0.6) is 0 Å². The summed E-state index contributed by atoms with van der Waals surface area (Å²) in [6, 6.07) is 6.81. The molecule has 0 unspecified atom stereocenters. The third-order valence-corrected chi connectivity index (χ3v) is 3.47. The zero-order valence-corrected chi connectivity index (χ0v) is 11.6. The van der Waals surface area contributed by atoms with Crippen molar-refractivity contribution >= 4 is 17.3 Å². The molecular weight excluding hydrogens is 255 g/mol. The number of benzene rings is 1. The van der Waals surface area contributed by atoms with Crippen molar-refractivity contribution in [1.82, 2.24) is 9.97 Å². The predicted molar refractivity (Wildman–Crippen MR) is 78.0 cm³/mol. The van der Waals surface area contributed by atoms with Gasteiger partial charge in [-0.3, -0.25) is 0 Å². The largest absolute Gasteiger partial charge is 0.373 e. The molecule has 0 aliphatic heterocycles. The van der Waals surface area contributed by atoms with E-state index < -0.39 is 0 Å². The smallest absolute Gasteiger partial charge is 0.136 e. The Hall–Kier alpha value is -2.17. The third kappa shape index (κ3) is 2.57. The second kappa shape index (κ2) is 5.07. The van der Waals surface area contributed by atoms with Crippen LogP contribution in [-0.4, -0.2) is 17.0 Å². The second-order valence-electron chi connectivity index (χ2n) is 5.06. The van der Waals surface area contributed by atoms with Gasteiger partial charge in [0.1, 0.15) is 23.3 Å². The van der Waals surface area contributed by atoms with Crippen LogP contribution in [0.4, 0.5) is 21.7 Å². The number of hydrogen-bond acceptors (Lipinski definition) is 4. The molecule has 0 spiro atoms.